The number of carbonyl (C=O) groups is 1. The highest BCUT2D eigenvalue weighted by Gasteiger charge is 2.28. The van der Waals surface area contributed by atoms with E-state index in [1.807, 2.05) is 30.3 Å². The van der Waals surface area contributed by atoms with E-state index in [0.29, 0.717) is 0 Å². The van der Waals surface area contributed by atoms with Crippen molar-refractivity contribution in [3.63, 3.8) is 0 Å². The van der Waals surface area contributed by atoms with Gasteiger partial charge in [-0.25, -0.2) is 12.8 Å². The molecule has 1 N–H and O–H groups in total. The normalized spacial score (nSPS) is 15.5. The number of benzene rings is 2. The molecule has 7 heteroatoms. The Balaban J connectivity index is 1.79. The molecule has 0 heterocycles. The highest BCUT2D eigenvalue weighted by molar-refractivity contribution is 7.89. The fourth-order valence-electron chi connectivity index (χ4n) is 3.45. The van der Waals surface area contributed by atoms with Crippen molar-refractivity contribution in [2.75, 3.05) is 6.54 Å². The van der Waals surface area contributed by atoms with Gasteiger partial charge >= 0.3 is 0 Å². The Kier molecular flexibility index (Phi) is 6.80. The number of hydrogen-bond donors (Lipinski definition) is 1. The first-order valence-corrected chi connectivity index (χ1v) is 11.0. The molecule has 0 aliphatic heterocycles. The van der Waals surface area contributed by atoms with Gasteiger partial charge in [-0.2, -0.15) is 4.31 Å². The lowest BCUT2D eigenvalue weighted by molar-refractivity contribution is -0.122. The lowest BCUT2D eigenvalue weighted by Gasteiger charge is -2.26. The Labute approximate surface area is 165 Å². The van der Waals surface area contributed by atoms with Crippen molar-refractivity contribution in [2.45, 2.75) is 49.6 Å². The van der Waals surface area contributed by atoms with Crippen LogP contribution in [0.5, 0.6) is 0 Å². The summed E-state index contributed by atoms with van der Waals surface area (Å²) < 4.78 is 40.6. The van der Waals surface area contributed by atoms with Crippen LogP contribution in [0.4, 0.5) is 4.39 Å². The maximum Gasteiger partial charge on any atom is 0.243 e. The van der Waals surface area contributed by atoms with Crippen LogP contribution in [0.15, 0.2) is 59.5 Å². The monoisotopic (exact) mass is 404 g/mol. The van der Waals surface area contributed by atoms with Crippen molar-refractivity contribution in [1.29, 1.82) is 0 Å². The third-order valence-electron chi connectivity index (χ3n) is 4.94. The number of amides is 1. The molecule has 1 amide bonds. The first-order valence-electron chi connectivity index (χ1n) is 9.54. The van der Waals surface area contributed by atoms with Crippen molar-refractivity contribution in [3.05, 3.63) is 66.0 Å². The van der Waals surface area contributed by atoms with Gasteiger partial charge in [0.25, 0.3) is 0 Å². The summed E-state index contributed by atoms with van der Waals surface area (Å²) in [5.74, 6) is -0.822. The zero-order chi connectivity index (χ0) is 20.0. The van der Waals surface area contributed by atoms with Crippen LogP contribution in [0.3, 0.4) is 0 Å². The van der Waals surface area contributed by atoms with E-state index in [4.69, 9.17) is 0 Å². The second-order valence-corrected chi connectivity index (χ2v) is 9.05. The molecule has 0 saturated heterocycles. The molecular weight excluding hydrogens is 379 g/mol. The summed E-state index contributed by atoms with van der Waals surface area (Å²) in [5, 5.41) is 2.96. The Morgan fingerprint density at radius 1 is 1.00 bits per heavy atom. The summed E-state index contributed by atoms with van der Waals surface area (Å²) in [4.78, 5) is 12.5. The third-order valence-corrected chi connectivity index (χ3v) is 6.75. The SMILES string of the molecule is O=C(CN(Cc1ccccc1)S(=O)(=O)c1ccc(F)cc1)NC1CCCCC1. The fraction of sp³-hybridized carbons (Fsp3) is 0.381. The highest BCUT2D eigenvalue weighted by atomic mass is 32.2. The smallest absolute Gasteiger partial charge is 0.243 e. The zero-order valence-corrected chi connectivity index (χ0v) is 16.5. The predicted molar refractivity (Wildman–Crippen MR) is 105 cm³/mol. The summed E-state index contributed by atoms with van der Waals surface area (Å²) in [5.41, 5.74) is 0.777. The quantitative estimate of drug-likeness (QED) is 0.768. The highest BCUT2D eigenvalue weighted by Crippen LogP contribution is 2.20. The maximum atomic E-state index is 13.2. The third kappa shape index (κ3) is 5.39. The van der Waals surface area contributed by atoms with Crippen LogP contribution in [0.2, 0.25) is 0 Å². The van der Waals surface area contributed by atoms with E-state index in [0.717, 1.165) is 47.7 Å². The molecule has 0 unspecified atom stereocenters. The molecule has 0 bridgehead atoms. The largest absolute Gasteiger partial charge is 0.352 e. The van der Waals surface area contributed by atoms with Crippen molar-refractivity contribution in [1.82, 2.24) is 9.62 Å². The molecule has 2 aromatic carbocycles. The van der Waals surface area contributed by atoms with E-state index in [9.17, 15) is 17.6 Å². The van der Waals surface area contributed by atoms with Gasteiger partial charge in [0.05, 0.1) is 11.4 Å². The summed E-state index contributed by atoms with van der Waals surface area (Å²) in [6.07, 6.45) is 5.18. The van der Waals surface area contributed by atoms with Crippen LogP contribution in [-0.2, 0) is 21.4 Å². The molecule has 2 aromatic rings. The number of sulfonamides is 1. The standard InChI is InChI=1S/C21H25FN2O3S/c22-18-11-13-20(14-12-18)28(26,27)24(15-17-7-3-1-4-8-17)16-21(25)23-19-9-5-2-6-10-19/h1,3-4,7-8,11-14,19H,2,5-6,9-10,15-16H2,(H,23,25). The molecule has 28 heavy (non-hydrogen) atoms. The van der Waals surface area contributed by atoms with Gasteiger partial charge in [-0.05, 0) is 42.7 Å². The second kappa shape index (κ2) is 9.30. The molecule has 1 aliphatic carbocycles. The van der Waals surface area contributed by atoms with Crippen LogP contribution in [0.1, 0.15) is 37.7 Å². The Morgan fingerprint density at radius 3 is 2.29 bits per heavy atom. The van der Waals surface area contributed by atoms with E-state index in [-0.39, 0.29) is 29.9 Å². The molecule has 150 valence electrons. The summed E-state index contributed by atoms with van der Waals surface area (Å²) in [6, 6.07) is 13.9. The lowest BCUT2D eigenvalue weighted by atomic mass is 9.95. The number of halogens is 1. The molecule has 0 spiro atoms. The molecule has 3 rings (SSSR count). The first kappa shape index (κ1) is 20.5. The van der Waals surface area contributed by atoms with E-state index >= 15 is 0 Å². The van der Waals surface area contributed by atoms with Crippen LogP contribution in [-0.4, -0.2) is 31.2 Å². The molecular formula is C21H25FN2O3S. The van der Waals surface area contributed by atoms with Gasteiger partial charge in [-0.15, -0.1) is 0 Å². The van der Waals surface area contributed by atoms with E-state index in [2.05, 4.69) is 5.32 Å². The number of nitrogens with one attached hydrogen (secondary N) is 1. The maximum absolute atomic E-state index is 13.2. The summed E-state index contributed by atoms with van der Waals surface area (Å²) >= 11 is 0. The Morgan fingerprint density at radius 2 is 1.64 bits per heavy atom. The second-order valence-electron chi connectivity index (χ2n) is 7.12. The molecule has 0 atom stereocenters. The minimum absolute atomic E-state index is 0.0321. The molecule has 0 aromatic heterocycles. The Bertz CT molecular complexity index is 880. The van der Waals surface area contributed by atoms with E-state index < -0.39 is 15.8 Å². The van der Waals surface area contributed by atoms with Crippen molar-refractivity contribution in [2.24, 2.45) is 0 Å². The summed E-state index contributed by atoms with van der Waals surface area (Å²) in [6.45, 7) is -0.205. The van der Waals surface area contributed by atoms with Crippen LogP contribution < -0.4 is 5.32 Å². The molecule has 1 fully saturated rings. The average Bonchev–Trinajstić information content (AvgIpc) is 2.69. The predicted octanol–water partition coefficient (Wildman–Crippen LogP) is 3.47. The van der Waals surface area contributed by atoms with Gasteiger partial charge in [0.1, 0.15) is 5.82 Å². The zero-order valence-electron chi connectivity index (χ0n) is 15.7. The van der Waals surface area contributed by atoms with E-state index in [1.165, 1.54) is 18.6 Å². The van der Waals surface area contributed by atoms with Gasteiger partial charge in [-0.3, -0.25) is 4.79 Å². The minimum atomic E-state index is -3.95. The van der Waals surface area contributed by atoms with Crippen LogP contribution in [0, 0.1) is 5.82 Å². The first-order chi connectivity index (χ1) is 13.4. The number of rotatable bonds is 7. The van der Waals surface area contributed by atoms with Gasteiger partial charge < -0.3 is 5.32 Å². The number of nitrogens with zero attached hydrogens (tertiary/aromatic N) is 1. The molecule has 1 aliphatic rings. The van der Waals surface area contributed by atoms with Crippen LogP contribution in [0.25, 0.3) is 0 Å². The lowest BCUT2D eigenvalue weighted by Crippen LogP contribution is -2.44. The van der Waals surface area contributed by atoms with Gasteiger partial charge in [0.15, 0.2) is 0 Å². The molecule has 5 nitrogen and oxygen atoms in total. The van der Waals surface area contributed by atoms with E-state index in [1.54, 1.807) is 0 Å². The average molecular weight is 405 g/mol. The van der Waals surface area contributed by atoms with Crippen LogP contribution >= 0.6 is 0 Å². The minimum Gasteiger partial charge on any atom is -0.352 e. The van der Waals surface area contributed by atoms with Crippen molar-refractivity contribution >= 4 is 15.9 Å². The summed E-state index contributed by atoms with van der Waals surface area (Å²) in [7, 11) is -3.95. The number of carbonyl (C=O) groups excluding carboxylic acids is 1. The van der Waals surface area contributed by atoms with Crippen molar-refractivity contribution in [3.8, 4) is 0 Å². The Hall–Kier alpha value is -2.25. The molecule has 1 saturated carbocycles. The van der Waals surface area contributed by atoms with Crippen molar-refractivity contribution < 1.29 is 17.6 Å². The van der Waals surface area contributed by atoms with Gasteiger partial charge in [0, 0.05) is 12.6 Å². The molecule has 0 radical (unpaired) electrons. The van der Waals surface area contributed by atoms with Gasteiger partial charge in [-0.1, -0.05) is 49.6 Å². The topological polar surface area (TPSA) is 66.5 Å². The number of hydrogen-bond acceptors (Lipinski definition) is 3. The fourth-order valence-corrected chi connectivity index (χ4v) is 4.83. The van der Waals surface area contributed by atoms with Gasteiger partial charge in [0.2, 0.25) is 15.9 Å².